The summed E-state index contributed by atoms with van der Waals surface area (Å²) in [7, 11) is 0. The molecule has 7 heteroatoms. The van der Waals surface area contributed by atoms with Crippen molar-refractivity contribution < 1.29 is 0 Å². The predicted octanol–water partition coefficient (Wildman–Crippen LogP) is 2.43. The molecule has 6 nitrogen and oxygen atoms in total. The fraction of sp³-hybridized carbons (Fsp3) is 0.615. The van der Waals surface area contributed by atoms with E-state index in [1.165, 1.54) is 23.8 Å². The fourth-order valence-electron chi connectivity index (χ4n) is 2.27. The van der Waals surface area contributed by atoms with Crippen molar-refractivity contribution in [3.8, 4) is 0 Å². The lowest BCUT2D eigenvalue weighted by atomic mass is 10.1. The Bertz CT molecular complexity index is 686. The number of fused-ring (bicyclic) bond motifs is 1. The molecule has 0 spiro atoms. The SMILES string of the molecule is CCCCCCCCn1c(=O)[nH]c(=O)c2[nH]c(Cl)nc21. The van der Waals surface area contributed by atoms with Gasteiger partial charge in [0.15, 0.2) is 11.2 Å². The number of H-pyrrole nitrogens is 2. The first-order chi connectivity index (χ1) is 9.63. The molecule has 0 saturated carbocycles. The normalized spacial score (nSPS) is 11.3. The fourth-order valence-corrected chi connectivity index (χ4v) is 2.45. The van der Waals surface area contributed by atoms with E-state index in [-0.39, 0.29) is 10.8 Å². The number of nitrogens with zero attached hydrogens (tertiary/aromatic N) is 2. The highest BCUT2D eigenvalue weighted by Crippen LogP contribution is 2.11. The van der Waals surface area contributed by atoms with Crippen LogP contribution in [0.5, 0.6) is 0 Å². The van der Waals surface area contributed by atoms with Gasteiger partial charge in [-0.25, -0.2) is 4.79 Å². The van der Waals surface area contributed by atoms with Crippen molar-refractivity contribution in [3.05, 3.63) is 26.1 Å². The van der Waals surface area contributed by atoms with Crippen LogP contribution >= 0.6 is 11.6 Å². The van der Waals surface area contributed by atoms with Crippen molar-refractivity contribution in [2.45, 2.75) is 52.0 Å². The minimum absolute atomic E-state index is 0.118. The van der Waals surface area contributed by atoms with Gasteiger partial charge in [0.2, 0.25) is 5.28 Å². The maximum atomic E-state index is 11.8. The molecule has 0 radical (unpaired) electrons. The van der Waals surface area contributed by atoms with E-state index in [0.717, 1.165) is 19.3 Å². The van der Waals surface area contributed by atoms with Crippen LogP contribution in [0.25, 0.3) is 11.2 Å². The maximum absolute atomic E-state index is 11.8. The molecule has 110 valence electrons. The summed E-state index contributed by atoms with van der Waals surface area (Å²) in [6, 6.07) is 0. The lowest BCUT2D eigenvalue weighted by Crippen LogP contribution is -2.30. The van der Waals surface area contributed by atoms with Gasteiger partial charge in [-0.3, -0.25) is 14.3 Å². The molecule has 0 bridgehead atoms. The number of rotatable bonds is 7. The Morgan fingerprint density at radius 1 is 1.10 bits per heavy atom. The van der Waals surface area contributed by atoms with E-state index in [1.54, 1.807) is 0 Å². The Morgan fingerprint density at radius 2 is 1.80 bits per heavy atom. The number of halogens is 1. The zero-order valence-corrected chi connectivity index (χ0v) is 12.3. The van der Waals surface area contributed by atoms with Gasteiger partial charge < -0.3 is 4.98 Å². The van der Waals surface area contributed by atoms with E-state index in [1.807, 2.05) is 0 Å². The summed E-state index contributed by atoms with van der Waals surface area (Å²) < 4.78 is 1.47. The van der Waals surface area contributed by atoms with Crippen LogP contribution in [0.4, 0.5) is 0 Å². The summed E-state index contributed by atoms with van der Waals surface area (Å²) in [5.74, 6) is 0. The van der Waals surface area contributed by atoms with Crippen molar-refractivity contribution in [2.75, 3.05) is 0 Å². The Kier molecular flexibility index (Phi) is 5.00. The Labute approximate surface area is 121 Å². The smallest absolute Gasteiger partial charge is 0.323 e. The van der Waals surface area contributed by atoms with Crippen LogP contribution in [0.3, 0.4) is 0 Å². The molecule has 0 aliphatic heterocycles. The number of hydrogen-bond acceptors (Lipinski definition) is 3. The van der Waals surface area contributed by atoms with E-state index in [0.29, 0.717) is 12.2 Å². The zero-order valence-electron chi connectivity index (χ0n) is 11.5. The third-order valence-electron chi connectivity index (χ3n) is 3.34. The first-order valence-corrected chi connectivity index (χ1v) is 7.39. The number of hydrogen-bond donors (Lipinski definition) is 2. The summed E-state index contributed by atoms with van der Waals surface area (Å²) in [4.78, 5) is 32.4. The molecule has 0 aromatic carbocycles. The van der Waals surface area contributed by atoms with Crippen molar-refractivity contribution in [1.82, 2.24) is 19.5 Å². The highest BCUT2D eigenvalue weighted by atomic mass is 35.5. The lowest BCUT2D eigenvalue weighted by Gasteiger charge is -2.05. The standard InChI is InChI=1S/C13H19ClN4O2/c1-2-3-4-5-6-7-8-18-10-9(15-12(14)16-10)11(19)17-13(18)20/h2-8H2,1H3,(H,15,16)(H,17,19,20). The van der Waals surface area contributed by atoms with Crippen molar-refractivity contribution in [3.63, 3.8) is 0 Å². The molecular weight excluding hydrogens is 280 g/mol. The van der Waals surface area contributed by atoms with E-state index in [2.05, 4.69) is 21.9 Å². The average molecular weight is 299 g/mol. The second kappa shape index (κ2) is 6.74. The maximum Gasteiger partial charge on any atom is 0.330 e. The van der Waals surface area contributed by atoms with Crippen LogP contribution in [-0.4, -0.2) is 19.5 Å². The molecule has 20 heavy (non-hydrogen) atoms. The van der Waals surface area contributed by atoms with E-state index >= 15 is 0 Å². The quantitative estimate of drug-likeness (QED) is 0.608. The molecule has 0 unspecified atom stereocenters. The third-order valence-corrected chi connectivity index (χ3v) is 3.52. The highest BCUT2D eigenvalue weighted by molar-refractivity contribution is 6.28. The molecule has 0 fully saturated rings. The number of nitrogens with one attached hydrogen (secondary N) is 2. The van der Waals surface area contributed by atoms with Crippen LogP contribution in [0.1, 0.15) is 45.4 Å². The van der Waals surface area contributed by atoms with Gasteiger partial charge in [0, 0.05) is 6.54 Å². The number of aromatic nitrogens is 4. The summed E-state index contributed by atoms with van der Waals surface area (Å²) in [5.41, 5.74) is -0.333. The van der Waals surface area contributed by atoms with Gasteiger partial charge in [-0.05, 0) is 18.0 Å². The van der Waals surface area contributed by atoms with Crippen LogP contribution in [0, 0.1) is 0 Å². The first-order valence-electron chi connectivity index (χ1n) is 7.01. The largest absolute Gasteiger partial charge is 0.330 e. The summed E-state index contributed by atoms with van der Waals surface area (Å²) in [5, 5.41) is 0.118. The summed E-state index contributed by atoms with van der Waals surface area (Å²) in [6.45, 7) is 2.72. The average Bonchev–Trinajstić information content (AvgIpc) is 2.79. The van der Waals surface area contributed by atoms with Crippen LogP contribution in [-0.2, 0) is 6.54 Å². The van der Waals surface area contributed by atoms with Gasteiger partial charge in [-0.15, -0.1) is 0 Å². The van der Waals surface area contributed by atoms with Crippen LogP contribution in [0.15, 0.2) is 9.59 Å². The van der Waals surface area contributed by atoms with Gasteiger partial charge in [-0.2, -0.15) is 4.98 Å². The van der Waals surface area contributed by atoms with Crippen molar-refractivity contribution >= 4 is 22.8 Å². The Morgan fingerprint density at radius 3 is 2.55 bits per heavy atom. The second-order valence-electron chi connectivity index (χ2n) is 4.90. The summed E-state index contributed by atoms with van der Waals surface area (Å²) >= 11 is 5.76. The predicted molar refractivity (Wildman–Crippen MR) is 79.4 cm³/mol. The van der Waals surface area contributed by atoms with Crippen molar-refractivity contribution in [1.29, 1.82) is 0 Å². The molecule has 0 atom stereocenters. The van der Waals surface area contributed by atoms with E-state index in [4.69, 9.17) is 11.6 Å². The number of unbranched alkanes of at least 4 members (excludes halogenated alkanes) is 5. The number of aromatic amines is 2. The van der Waals surface area contributed by atoms with Crippen LogP contribution in [0.2, 0.25) is 5.28 Å². The number of imidazole rings is 1. The second-order valence-corrected chi connectivity index (χ2v) is 5.26. The van der Waals surface area contributed by atoms with Crippen molar-refractivity contribution in [2.24, 2.45) is 0 Å². The van der Waals surface area contributed by atoms with Gasteiger partial charge >= 0.3 is 5.69 Å². The molecule has 2 N–H and O–H groups in total. The van der Waals surface area contributed by atoms with E-state index in [9.17, 15) is 9.59 Å². The zero-order chi connectivity index (χ0) is 14.5. The van der Waals surface area contributed by atoms with E-state index < -0.39 is 11.2 Å². The molecule has 2 heterocycles. The molecular formula is C13H19ClN4O2. The van der Waals surface area contributed by atoms with Gasteiger partial charge in [0.05, 0.1) is 0 Å². The monoisotopic (exact) mass is 298 g/mol. The first kappa shape index (κ1) is 14.8. The van der Waals surface area contributed by atoms with Gasteiger partial charge in [-0.1, -0.05) is 39.0 Å². The highest BCUT2D eigenvalue weighted by Gasteiger charge is 2.11. The molecule has 0 amide bonds. The van der Waals surface area contributed by atoms with Crippen LogP contribution < -0.4 is 11.2 Å². The van der Waals surface area contributed by atoms with Gasteiger partial charge in [0.1, 0.15) is 0 Å². The molecule has 0 aliphatic carbocycles. The lowest BCUT2D eigenvalue weighted by molar-refractivity contribution is 0.551. The Balaban J connectivity index is 2.10. The minimum atomic E-state index is -0.483. The molecule has 2 aromatic heterocycles. The molecule has 2 rings (SSSR count). The minimum Gasteiger partial charge on any atom is -0.323 e. The topological polar surface area (TPSA) is 83.5 Å². The Hall–Kier alpha value is -1.56. The number of aryl methyl sites for hydroxylation is 1. The van der Waals surface area contributed by atoms with Gasteiger partial charge in [0.25, 0.3) is 5.56 Å². The summed E-state index contributed by atoms with van der Waals surface area (Å²) in [6.07, 6.45) is 6.79. The molecule has 0 aliphatic rings. The molecule has 2 aromatic rings. The third kappa shape index (κ3) is 3.30. The molecule has 0 saturated heterocycles.